The maximum absolute atomic E-state index is 11.6. The predicted octanol–water partition coefficient (Wildman–Crippen LogP) is 2.85. The van der Waals surface area contributed by atoms with E-state index in [1.807, 2.05) is 31.3 Å². The molecule has 1 N–H and O–H groups in total. The first-order valence-electron chi connectivity index (χ1n) is 5.53. The number of benzene rings is 1. The van der Waals surface area contributed by atoms with Crippen LogP contribution in [0.5, 0.6) is 0 Å². The van der Waals surface area contributed by atoms with Gasteiger partial charge in [-0.25, -0.2) is 9.78 Å². The van der Waals surface area contributed by atoms with Crippen LogP contribution < -0.4 is 5.32 Å². The number of rotatable bonds is 4. The molecule has 0 saturated heterocycles. The number of carbonyl (C=O) groups excluding carboxylic acids is 1. The summed E-state index contributed by atoms with van der Waals surface area (Å²) in [5, 5.41) is 4.26. The van der Waals surface area contributed by atoms with Crippen LogP contribution in [0.2, 0.25) is 0 Å². The number of esters is 1. The largest absolute Gasteiger partial charge is 0.465 e. The van der Waals surface area contributed by atoms with Gasteiger partial charge in [0.2, 0.25) is 0 Å². The second-order valence-electron chi connectivity index (χ2n) is 3.74. The Balaban J connectivity index is 2.11. The Labute approximate surface area is 110 Å². The average molecular weight is 262 g/mol. The maximum Gasteiger partial charge on any atom is 0.339 e. The standard InChI is InChI=1S/C13H14N2O2S/c1-9-14-7-10(18-9)8-15-12-6-4-3-5-11(12)13(16)17-2/h3-7,15H,8H2,1-2H3. The van der Waals surface area contributed by atoms with Gasteiger partial charge in [0.05, 0.1) is 24.2 Å². The van der Waals surface area contributed by atoms with Crippen LogP contribution in [0.4, 0.5) is 5.69 Å². The lowest BCUT2D eigenvalue weighted by Crippen LogP contribution is -2.07. The lowest BCUT2D eigenvalue weighted by atomic mass is 10.2. The van der Waals surface area contributed by atoms with Crippen LogP contribution in [0.3, 0.4) is 0 Å². The molecular weight excluding hydrogens is 248 g/mol. The minimum Gasteiger partial charge on any atom is -0.465 e. The molecule has 0 amide bonds. The average Bonchev–Trinajstić information content (AvgIpc) is 2.81. The summed E-state index contributed by atoms with van der Waals surface area (Å²) < 4.78 is 4.74. The quantitative estimate of drug-likeness (QED) is 0.861. The summed E-state index contributed by atoms with van der Waals surface area (Å²) in [6.45, 7) is 2.62. The van der Waals surface area contributed by atoms with Crippen LogP contribution in [0.1, 0.15) is 20.2 Å². The van der Waals surface area contributed by atoms with Crippen molar-refractivity contribution in [3.05, 3.63) is 45.9 Å². The summed E-state index contributed by atoms with van der Waals surface area (Å²) in [5.41, 5.74) is 1.32. The smallest absolute Gasteiger partial charge is 0.339 e. The number of ether oxygens (including phenoxy) is 1. The van der Waals surface area contributed by atoms with E-state index in [-0.39, 0.29) is 5.97 Å². The van der Waals surface area contributed by atoms with E-state index in [0.717, 1.165) is 15.6 Å². The molecule has 18 heavy (non-hydrogen) atoms. The van der Waals surface area contributed by atoms with E-state index < -0.39 is 0 Å². The van der Waals surface area contributed by atoms with Gasteiger partial charge in [-0.05, 0) is 19.1 Å². The highest BCUT2D eigenvalue weighted by Crippen LogP contribution is 2.18. The van der Waals surface area contributed by atoms with Crippen molar-refractivity contribution in [2.75, 3.05) is 12.4 Å². The summed E-state index contributed by atoms with van der Waals surface area (Å²) in [6.07, 6.45) is 1.84. The third kappa shape index (κ3) is 2.87. The van der Waals surface area contributed by atoms with Crippen molar-refractivity contribution in [3.8, 4) is 0 Å². The predicted molar refractivity (Wildman–Crippen MR) is 72.0 cm³/mol. The molecule has 0 unspecified atom stereocenters. The fraction of sp³-hybridized carbons (Fsp3) is 0.231. The SMILES string of the molecule is COC(=O)c1ccccc1NCc1cnc(C)s1. The van der Waals surface area contributed by atoms with Gasteiger partial charge >= 0.3 is 5.97 Å². The first-order chi connectivity index (χ1) is 8.70. The lowest BCUT2D eigenvalue weighted by Gasteiger charge is -2.09. The van der Waals surface area contributed by atoms with Crippen LogP contribution in [-0.2, 0) is 11.3 Å². The monoisotopic (exact) mass is 262 g/mol. The Morgan fingerprint density at radius 3 is 2.89 bits per heavy atom. The number of methoxy groups -OCH3 is 1. The number of anilines is 1. The molecule has 0 aliphatic rings. The normalized spacial score (nSPS) is 10.1. The zero-order valence-corrected chi connectivity index (χ0v) is 11.1. The number of thiazole rings is 1. The van der Waals surface area contributed by atoms with Gasteiger partial charge in [-0.2, -0.15) is 0 Å². The highest BCUT2D eigenvalue weighted by molar-refractivity contribution is 7.11. The molecule has 1 aromatic carbocycles. The van der Waals surface area contributed by atoms with Crippen LogP contribution in [-0.4, -0.2) is 18.1 Å². The van der Waals surface area contributed by atoms with Crippen LogP contribution in [0.25, 0.3) is 0 Å². The molecule has 0 aliphatic heterocycles. The number of nitrogens with zero attached hydrogens (tertiary/aromatic N) is 1. The van der Waals surface area contributed by atoms with Gasteiger partial charge in [-0.15, -0.1) is 11.3 Å². The Morgan fingerprint density at radius 1 is 1.44 bits per heavy atom. The molecule has 0 fully saturated rings. The highest BCUT2D eigenvalue weighted by Gasteiger charge is 2.10. The summed E-state index contributed by atoms with van der Waals surface area (Å²) >= 11 is 1.64. The summed E-state index contributed by atoms with van der Waals surface area (Å²) in [5.74, 6) is -0.335. The van der Waals surface area contributed by atoms with E-state index in [9.17, 15) is 4.79 Å². The molecule has 1 aromatic heterocycles. The topological polar surface area (TPSA) is 51.2 Å². The Bertz CT molecular complexity index is 551. The number of para-hydroxylation sites is 1. The third-order valence-corrected chi connectivity index (χ3v) is 3.37. The lowest BCUT2D eigenvalue weighted by molar-refractivity contribution is 0.0602. The second-order valence-corrected chi connectivity index (χ2v) is 5.06. The van der Waals surface area contributed by atoms with Crippen molar-refractivity contribution < 1.29 is 9.53 Å². The van der Waals surface area contributed by atoms with Crippen molar-refractivity contribution in [2.24, 2.45) is 0 Å². The van der Waals surface area contributed by atoms with E-state index in [2.05, 4.69) is 10.3 Å². The van der Waals surface area contributed by atoms with Crippen molar-refractivity contribution >= 4 is 23.0 Å². The summed E-state index contributed by atoms with van der Waals surface area (Å²) in [6, 6.07) is 7.30. The van der Waals surface area contributed by atoms with E-state index in [4.69, 9.17) is 4.74 Å². The Kier molecular flexibility index (Phi) is 3.94. The fourth-order valence-electron chi connectivity index (χ4n) is 1.59. The van der Waals surface area contributed by atoms with Crippen LogP contribution in [0, 0.1) is 6.92 Å². The molecule has 1 heterocycles. The van der Waals surface area contributed by atoms with E-state index in [1.54, 1.807) is 17.4 Å². The maximum atomic E-state index is 11.6. The van der Waals surface area contributed by atoms with E-state index in [0.29, 0.717) is 12.1 Å². The van der Waals surface area contributed by atoms with Gasteiger partial charge in [-0.3, -0.25) is 0 Å². The molecular formula is C13H14N2O2S. The number of aromatic nitrogens is 1. The van der Waals surface area contributed by atoms with E-state index >= 15 is 0 Å². The zero-order valence-electron chi connectivity index (χ0n) is 10.3. The highest BCUT2D eigenvalue weighted by atomic mass is 32.1. The van der Waals surface area contributed by atoms with Crippen molar-refractivity contribution in [2.45, 2.75) is 13.5 Å². The molecule has 0 aliphatic carbocycles. The van der Waals surface area contributed by atoms with Gasteiger partial charge in [0.25, 0.3) is 0 Å². The first kappa shape index (κ1) is 12.6. The van der Waals surface area contributed by atoms with Gasteiger partial charge in [0.1, 0.15) is 0 Å². The molecule has 0 saturated carbocycles. The summed E-state index contributed by atoms with van der Waals surface area (Å²) in [7, 11) is 1.38. The number of hydrogen-bond donors (Lipinski definition) is 1. The molecule has 2 aromatic rings. The molecule has 2 rings (SSSR count). The fourth-order valence-corrected chi connectivity index (χ4v) is 2.33. The second kappa shape index (κ2) is 5.64. The van der Waals surface area contributed by atoms with Crippen molar-refractivity contribution in [1.29, 1.82) is 0 Å². The van der Waals surface area contributed by atoms with Gasteiger partial charge in [0, 0.05) is 16.8 Å². The van der Waals surface area contributed by atoms with Crippen molar-refractivity contribution in [1.82, 2.24) is 4.98 Å². The molecule has 0 atom stereocenters. The zero-order chi connectivity index (χ0) is 13.0. The number of aryl methyl sites for hydroxylation is 1. The Morgan fingerprint density at radius 2 is 2.22 bits per heavy atom. The molecule has 4 nitrogen and oxygen atoms in total. The van der Waals surface area contributed by atoms with Gasteiger partial charge < -0.3 is 10.1 Å². The van der Waals surface area contributed by atoms with Crippen LogP contribution >= 0.6 is 11.3 Å². The minimum atomic E-state index is -0.335. The number of carbonyl (C=O) groups is 1. The first-order valence-corrected chi connectivity index (χ1v) is 6.35. The van der Waals surface area contributed by atoms with E-state index in [1.165, 1.54) is 7.11 Å². The molecule has 5 heteroatoms. The number of nitrogens with one attached hydrogen (secondary N) is 1. The molecule has 94 valence electrons. The summed E-state index contributed by atoms with van der Waals surface area (Å²) in [4.78, 5) is 16.9. The third-order valence-electron chi connectivity index (χ3n) is 2.45. The van der Waals surface area contributed by atoms with Crippen LogP contribution in [0.15, 0.2) is 30.5 Å². The molecule has 0 bridgehead atoms. The van der Waals surface area contributed by atoms with Crippen molar-refractivity contribution in [3.63, 3.8) is 0 Å². The Hall–Kier alpha value is -1.88. The molecule has 0 radical (unpaired) electrons. The number of hydrogen-bond acceptors (Lipinski definition) is 5. The van der Waals surface area contributed by atoms with Gasteiger partial charge in [0.15, 0.2) is 0 Å². The minimum absolute atomic E-state index is 0.335. The molecule has 0 spiro atoms. The van der Waals surface area contributed by atoms with Gasteiger partial charge in [-0.1, -0.05) is 12.1 Å².